The minimum atomic E-state index is -0.196. The summed E-state index contributed by atoms with van der Waals surface area (Å²) < 4.78 is 6.80. The molecule has 0 saturated heterocycles. The normalized spacial score (nSPS) is 10.8. The Balaban J connectivity index is 1.68. The first kappa shape index (κ1) is 21.6. The highest BCUT2D eigenvalue weighted by Crippen LogP contribution is 2.24. The van der Waals surface area contributed by atoms with Crippen molar-refractivity contribution in [3.63, 3.8) is 0 Å². The molecule has 1 aromatic heterocycles. The predicted molar refractivity (Wildman–Crippen MR) is 129 cm³/mol. The fourth-order valence-electron chi connectivity index (χ4n) is 3.51. The minimum Gasteiger partial charge on any atom is -0.497 e. The van der Waals surface area contributed by atoms with Gasteiger partial charge in [0.2, 0.25) is 5.91 Å². The maximum Gasteiger partial charge on any atom is 0.266 e. The van der Waals surface area contributed by atoms with E-state index < -0.39 is 0 Å². The van der Waals surface area contributed by atoms with Crippen molar-refractivity contribution in [1.82, 2.24) is 9.55 Å². The third kappa shape index (κ3) is 4.53. The van der Waals surface area contributed by atoms with Crippen LogP contribution in [0.25, 0.3) is 16.6 Å². The highest BCUT2D eigenvalue weighted by atomic mass is 32.2. The number of hydrogen-bond donors (Lipinski definition) is 1. The molecule has 3 aromatic carbocycles. The lowest BCUT2D eigenvalue weighted by molar-refractivity contribution is -0.113. The fourth-order valence-corrected chi connectivity index (χ4v) is 4.31. The molecule has 0 saturated carbocycles. The van der Waals surface area contributed by atoms with E-state index in [1.54, 1.807) is 29.9 Å². The predicted octanol–water partition coefficient (Wildman–Crippen LogP) is 4.74. The average Bonchev–Trinajstić information content (AvgIpc) is 2.79. The van der Waals surface area contributed by atoms with Gasteiger partial charge in [-0.25, -0.2) is 4.98 Å². The molecule has 0 bridgehead atoms. The monoisotopic (exact) mass is 445 g/mol. The molecule has 0 aliphatic rings. The van der Waals surface area contributed by atoms with Gasteiger partial charge >= 0.3 is 0 Å². The van der Waals surface area contributed by atoms with E-state index in [4.69, 9.17) is 9.72 Å². The van der Waals surface area contributed by atoms with Gasteiger partial charge in [-0.05, 0) is 49.7 Å². The number of aromatic nitrogens is 2. The number of benzene rings is 3. The molecule has 0 atom stereocenters. The second-order valence-corrected chi connectivity index (χ2v) is 8.35. The topological polar surface area (TPSA) is 73.2 Å². The van der Waals surface area contributed by atoms with Crippen molar-refractivity contribution in [2.24, 2.45) is 0 Å². The van der Waals surface area contributed by atoms with Crippen LogP contribution in [0.15, 0.2) is 76.7 Å². The van der Waals surface area contributed by atoms with Crippen molar-refractivity contribution in [2.45, 2.75) is 19.0 Å². The van der Waals surface area contributed by atoms with Crippen LogP contribution in [-0.2, 0) is 4.79 Å². The van der Waals surface area contributed by atoms with Gasteiger partial charge < -0.3 is 10.1 Å². The van der Waals surface area contributed by atoms with Gasteiger partial charge in [0, 0.05) is 11.8 Å². The number of anilines is 1. The van der Waals surface area contributed by atoms with Crippen LogP contribution in [0.1, 0.15) is 11.1 Å². The van der Waals surface area contributed by atoms with Gasteiger partial charge in [0.1, 0.15) is 5.75 Å². The summed E-state index contributed by atoms with van der Waals surface area (Å²) in [5.41, 5.74) is 3.93. The summed E-state index contributed by atoms with van der Waals surface area (Å²) in [6.07, 6.45) is 0. The van der Waals surface area contributed by atoms with Gasteiger partial charge in [-0.2, -0.15) is 0 Å². The molecular formula is C25H23N3O3S. The number of hydrogen-bond acceptors (Lipinski definition) is 5. The molecule has 0 aliphatic carbocycles. The van der Waals surface area contributed by atoms with E-state index in [1.807, 2.05) is 62.4 Å². The lowest BCUT2D eigenvalue weighted by Gasteiger charge is -2.15. The number of methoxy groups -OCH3 is 1. The molecule has 0 unspecified atom stereocenters. The molecule has 4 rings (SSSR count). The van der Waals surface area contributed by atoms with E-state index in [0.717, 1.165) is 16.8 Å². The zero-order chi connectivity index (χ0) is 22.7. The summed E-state index contributed by atoms with van der Waals surface area (Å²) in [6.45, 7) is 3.98. The van der Waals surface area contributed by atoms with Gasteiger partial charge in [-0.3, -0.25) is 14.2 Å². The largest absolute Gasteiger partial charge is 0.497 e. The second kappa shape index (κ2) is 9.28. The molecule has 0 fully saturated rings. The zero-order valence-electron chi connectivity index (χ0n) is 18.1. The van der Waals surface area contributed by atoms with Crippen LogP contribution in [0.2, 0.25) is 0 Å². The molecule has 162 valence electrons. The number of nitrogens with zero attached hydrogens (tertiary/aromatic N) is 2. The van der Waals surface area contributed by atoms with Crippen LogP contribution in [0.4, 0.5) is 5.69 Å². The molecule has 1 heterocycles. The van der Waals surface area contributed by atoms with Crippen LogP contribution in [0.3, 0.4) is 0 Å². The number of nitrogens with one attached hydrogen (secondary N) is 1. The molecule has 1 amide bonds. The number of aryl methyl sites for hydroxylation is 2. The molecule has 4 aromatic rings. The van der Waals surface area contributed by atoms with E-state index in [-0.39, 0.29) is 17.2 Å². The number of rotatable bonds is 6. The molecule has 32 heavy (non-hydrogen) atoms. The van der Waals surface area contributed by atoms with Gasteiger partial charge in [0.05, 0.1) is 29.5 Å². The Morgan fingerprint density at radius 2 is 1.88 bits per heavy atom. The van der Waals surface area contributed by atoms with E-state index in [1.165, 1.54) is 11.8 Å². The quantitative estimate of drug-likeness (QED) is 0.343. The number of carbonyl (C=O) groups is 1. The van der Waals surface area contributed by atoms with Crippen LogP contribution in [0.5, 0.6) is 5.75 Å². The summed E-state index contributed by atoms with van der Waals surface area (Å²) in [4.78, 5) is 30.7. The minimum absolute atomic E-state index is 0.104. The van der Waals surface area contributed by atoms with E-state index >= 15 is 0 Å². The van der Waals surface area contributed by atoms with Crippen LogP contribution in [-0.4, -0.2) is 28.3 Å². The van der Waals surface area contributed by atoms with Crippen LogP contribution < -0.4 is 15.6 Å². The SMILES string of the molecule is COc1cccc(NC(=O)CSc2nc3ccccc3c(=O)n2-c2ccc(C)cc2C)c1. The Labute approximate surface area is 190 Å². The van der Waals surface area contributed by atoms with Crippen molar-refractivity contribution in [1.29, 1.82) is 0 Å². The molecule has 0 spiro atoms. The molecule has 0 aliphatic heterocycles. The van der Waals surface area contributed by atoms with Crippen molar-refractivity contribution in [3.05, 3.63) is 88.2 Å². The first-order valence-corrected chi connectivity index (χ1v) is 11.1. The summed E-state index contributed by atoms with van der Waals surface area (Å²) in [6, 6.07) is 20.3. The van der Waals surface area contributed by atoms with Gasteiger partial charge in [-0.15, -0.1) is 0 Å². The van der Waals surface area contributed by atoms with Crippen molar-refractivity contribution < 1.29 is 9.53 Å². The van der Waals surface area contributed by atoms with E-state index in [0.29, 0.717) is 27.5 Å². The molecular weight excluding hydrogens is 422 g/mol. The third-order valence-corrected chi connectivity index (χ3v) is 5.96. The smallest absolute Gasteiger partial charge is 0.266 e. The third-order valence-electron chi connectivity index (χ3n) is 5.02. The highest BCUT2D eigenvalue weighted by molar-refractivity contribution is 7.99. The summed E-state index contributed by atoms with van der Waals surface area (Å²) in [7, 11) is 1.58. The maximum absolute atomic E-state index is 13.4. The molecule has 7 heteroatoms. The Kier molecular flexibility index (Phi) is 6.28. The van der Waals surface area contributed by atoms with Crippen LogP contribution in [0, 0.1) is 13.8 Å². The Morgan fingerprint density at radius 1 is 1.06 bits per heavy atom. The first-order valence-electron chi connectivity index (χ1n) is 10.1. The van der Waals surface area contributed by atoms with E-state index in [9.17, 15) is 9.59 Å². The first-order chi connectivity index (χ1) is 15.5. The van der Waals surface area contributed by atoms with Crippen molar-refractivity contribution in [3.8, 4) is 11.4 Å². The second-order valence-electron chi connectivity index (χ2n) is 7.41. The lowest BCUT2D eigenvalue weighted by Crippen LogP contribution is -2.23. The summed E-state index contributed by atoms with van der Waals surface area (Å²) >= 11 is 1.23. The number of ether oxygens (including phenoxy) is 1. The number of para-hydroxylation sites is 1. The highest BCUT2D eigenvalue weighted by Gasteiger charge is 2.16. The molecule has 0 radical (unpaired) electrons. The molecule has 1 N–H and O–H groups in total. The standard InChI is InChI=1S/C25H23N3O3S/c1-16-11-12-22(17(2)13-16)28-24(30)20-9-4-5-10-21(20)27-25(28)32-15-23(29)26-18-7-6-8-19(14-18)31-3/h4-14H,15H2,1-3H3,(H,26,29). The van der Waals surface area contributed by atoms with Gasteiger partial charge in [0.25, 0.3) is 5.56 Å². The summed E-state index contributed by atoms with van der Waals surface area (Å²) in [5.74, 6) is 0.570. The lowest BCUT2D eigenvalue weighted by atomic mass is 10.1. The number of amides is 1. The number of fused-ring (bicyclic) bond motifs is 1. The Hall–Kier alpha value is -3.58. The van der Waals surface area contributed by atoms with Gasteiger partial charge in [-0.1, -0.05) is 47.7 Å². The van der Waals surface area contributed by atoms with Crippen molar-refractivity contribution >= 4 is 34.3 Å². The Bertz CT molecular complexity index is 1360. The summed E-state index contributed by atoms with van der Waals surface area (Å²) in [5, 5.41) is 3.87. The van der Waals surface area contributed by atoms with Crippen LogP contribution >= 0.6 is 11.8 Å². The number of thioether (sulfide) groups is 1. The molecule has 6 nitrogen and oxygen atoms in total. The van der Waals surface area contributed by atoms with Crippen molar-refractivity contribution in [2.75, 3.05) is 18.2 Å². The number of carbonyl (C=O) groups excluding carboxylic acids is 1. The zero-order valence-corrected chi connectivity index (χ0v) is 18.9. The average molecular weight is 446 g/mol. The van der Waals surface area contributed by atoms with Gasteiger partial charge in [0.15, 0.2) is 5.16 Å². The van der Waals surface area contributed by atoms with E-state index in [2.05, 4.69) is 5.32 Å². The Morgan fingerprint density at radius 3 is 2.66 bits per heavy atom. The fraction of sp³-hybridized carbons (Fsp3) is 0.160. The maximum atomic E-state index is 13.4.